The van der Waals surface area contributed by atoms with E-state index >= 15 is 0 Å². The number of aromatic nitrogens is 2. The summed E-state index contributed by atoms with van der Waals surface area (Å²) in [7, 11) is 2.67. The molecule has 0 aliphatic carbocycles. The maximum absolute atomic E-state index is 12.1. The van der Waals surface area contributed by atoms with Gasteiger partial charge in [-0.2, -0.15) is 0 Å². The standard InChI is InChI=1S/C26H23N3O5S/c1-31-25(30)23(29-32-2)22-11-7-6-10-20(22)16-33-21-14-12-19(13-15-21)24-27-28-26(34-24)35-17-18-8-4-3-5-9-18/h3-15H,16-17H2,1-2H3/b29-23-. The van der Waals surface area contributed by atoms with Gasteiger partial charge in [-0.15, -0.1) is 10.2 Å². The zero-order valence-electron chi connectivity index (χ0n) is 19.2. The van der Waals surface area contributed by atoms with Crippen molar-refractivity contribution in [2.75, 3.05) is 14.2 Å². The number of carbonyl (C=O) groups excluding carboxylic acids is 1. The average Bonchev–Trinajstić information content (AvgIpc) is 3.39. The molecule has 4 rings (SSSR count). The lowest BCUT2D eigenvalue weighted by Gasteiger charge is -2.12. The Morgan fingerprint density at radius 3 is 2.43 bits per heavy atom. The monoisotopic (exact) mass is 489 g/mol. The van der Waals surface area contributed by atoms with Crippen LogP contribution in [-0.4, -0.2) is 36.1 Å². The molecule has 0 saturated carbocycles. The number of ether oxygens (including phenoxy) is 2. The lowest BCUT2D eigenvalue weighted by molar-refractivity contribution is -0.132. The Labute approximate surface area is 206 Å². The number of hydrogen-bond donors (Lipinski definition) is 0. The van der Waals surface area contributed by atoms with Crippen molar-refractivity contribution < 1.29 is 23.5 Å². The van der Waals surface area contributed by atoms with Crippen LogP contribution in [0.25, 0.3) is 11.5 Å². The van der Waals surface area contributed by atoms with E-state index in [1.165, 1.54) is 31.5 Å². The number of rotatable bonds is 10. The Hall–Kier alpha value is -4.11. The summed E-state index contributed by atoms with van der Waals surface area (Å²) in [5.41, 5.74) is 3.38. The summed E-state index contributed by atoms with van der Waals surface area (Å²) in [4.78, 5) is 16.9. The first-order valence-corrected chi connectivity index (χ1v) is 11.7. The van der Waals surface area contributed by atoms with Crippen LogP contribution in [0.4, 0.5) is 0 Å². The van der Waals surface area contributed by atoms with Crippen LogP contribution >= 0.6 is 11.8 Å². The number of thioether (sulfide) groups is 1. The molecule has 8 nitrogen and oxygen atoms in total. The van der Waals surface area contributed by atoms with Crippen molar-refractivity contribution in [3.63, 3.8) is 0 Å². The molecule has 0 radical (unpaired) electrons. The lowest BCUT2D eigenvalue weighted by atomic mass is 10.0. The predicted molar refractivity (Wildman–Crippen MR) is 132 cm³/mol. The Balaban J connectivity index is 1.40. The van der Waals surface area contributed by atoms with Crippen LogP contribution in [0.2, 0.25) is 0 Å². The Kier molecular flexibility index (Phi) is 8.13. The second-order valence-corrected chi connectivity index (χ2v) is 8.16. The van der Waals surface area contributed by atoms with Gasteiger partial charge < -0.3 is 18.7 Å². The minimum Gasteiger partial charge on any atom is -0.489 e. The number of esters is 1. The number of hydrogen-bond acceptors (Lipinski definition) is 9. The van der Waals surface area contributed by atoms with E-state index in [2.05, 4.69) is 27.5 Å². The smallest absolute Gasteiger partial charge is 0.360 e. The zero-order chi connectivity index (χ0) is 24.5. The van der Waals surface area contributed by atoms with Crippen LogP contribution in [-0.2, 0) is 26.7 Å². The van der Waals surface area contributed by atoms with Gasteiger partial charge >= 0.3 is 5.97 Å². The van der Waals surface area contributed by atoms with Crippen molar-refractivity contribution in [1.29, 1.82) is 0 Å². The number of benzene rings is 3. The van der Waals surface area contributed by atoms with Gasteiger partial charge in [0.1, 0.15) is 19.5 Å². The summed E-state index contributed by atoms with van der Waals surface area (Å²) >= 11 is 1.49. The highest BCUT2D eigenvalue weighted by Gasteiger charge is 2.19. The molecule has 178 valence electrons. The van der Waals surface area contributed by atoms with Gasteiger partial charge in [-0.1, -0.05) is 71.5 Å². The predicted octanol–water partition coefficient (Wildman–Crippen LogP) is 5.13. The second-order valence-electron chi connectivity index (χ2n) is 7.23. The normalized spacial score (nSPS) is 11.2. The van der Waals surface area contributed by atoms with Crippen LogP contribution in [0, 0.1) is 0 Å². The third-order valence-electron chi connectivity index (χ3n) is 4.94. The first kappa shape index (κ1) is 24.0. The van der Waals surface area contributed by atoms with Gasteiger partial charge in [-0.05, 0) is 35.4 Å². The van der Waals surface area contributed by atoms with Gasteiger partial charge in [0, 0.05) is 16.9 Å². The molecule has 35 heavy (non-hydrogen) atoms. The summed E-state index contributed by atoms with van der Waals surface area (Å²) in [5.74, 6) is 1.24. The average molecular weight is 490 g/mol. The van der Waals surface area contributed by atoms with Gasteiger partial charge in [-0.25, -0.2) is 4.79 Å². The van der Waals surface area contributed by atoms with Crippen LogP contribution < -0.4 is 4.74 Å². The van der Waals surface area contributed by atoms with Gasteiger partial charge in [0.2, 0.25) is 5.89 Å². The van der Waals surface area contributed by atoms with Gasteiger partial charge in [0.15, 0.2) is 5.71 Å². The zero-order valence-corrected chi connectivity index (χ0v) is 20.0. The fraction of sp³-hybridized carbons (Fsp3) is 0.154. The summed E-state index contributed by atoms with van der Waals surface area (Å²) < 4.78 is 16.5. The van der Waals surface area contributed by atoms with E-state index in [4.69, 9.17) is 18.7 Å². The molecule has 0 N–H and O–H groups in total. The van der Waals surface area contributed by atoms with Crippen molar-refractivity contribution >= 4 is 23.4 Å². The van der Waals surface area contributed by atoms with E-state index in [-0.39, 0.29) is 12.3 Å². The van der Waals surface area contributed by atoms with E-state index in [1.807, 2.05) is 54.6 Å². The molecule has 0 atom stereocenters. The van der Waals surface area contributed by atoms with Crippen molar-refractivity contribution in [3.8, 4) is 17.2 Å². The summed E-state index contributed by atoms with van der Waals surface area (Å²) in [6.07, 6.45) is 0. The summed E-state index contributed by atoms with van der Waals surface area (Å²) in [6.45, 7) is 0.218. The van der Waals surface area contributed by atoms with Gasteiger partial charge in [0.25, 0.3) is 5.22 Å². The molecule has 0 saturated heterocycles. The van der Waals surface area contributed by atoms with Crippen molar-refractivity contribution in [2.45, 2.75) is 17.6 Å². The molecule has 9 heteroatoms. The Morgan fingerprint density at radius 2 is 1.69 bits per heavy atom. The molecule has 4 aromatic rings. The van der Waals surface area contributed by atoms with Gasteiger partial charge in [-0.3, -0.25) is 0 Å². The van der Waals surface area contributed by atoms with E-state index in [1.54, 1.807) is 12.1 Å². The Bertz CT molecular complexity index is 1290. The molecule has 0 bridgehead atoms. The maximum Gasteiger partial charge on any atom is 0.360 e. The second kappa shape index (κ2) is 11.8. The largest absolute Gasteiger partial charge is 0.489 e. The molecule has 1 heterocycles. The van der Waals surface area contributed by atoms with Crippen molar-refractivity contribution in [2.24, 2.45) is 5.16 Å². The highest BCUT2D eigenvalue weighted by Crippen LogP contribution is 2.27. The topological polar surface area (TPSA) is 96.0 Å². The maximum atomic E-state index is 12.1. The minimum atomic E-state index is -0.593. The highest BCUT2D eigenvalue weighted by atomic mass is 32.2. The molecule has 1 aromatic heterocycles. The first-order chi connectivity index (χ1) is 17.2. The number of nitrogens with zero attached hydrogens (tertiary/aromatic N) is 3. The van der Waals surface area contributed by atoms with E-state index in [9.17, 15) is 4.79 Å². The molecular formula is C26H23N3O5S. The summed E-state index contributed by atoms with van der Waals surface area (Å²) in [5, 5.41) is 12.6. The van der Waals surface area contributed by atoms with Crippen molar-refractivity contribution in [3.05, 3.63) is 95.6 Å². The van der Waals surface area contributed by atoms with E-state index in [0.717, 1.165) is 16.9 Å². The molecule has 0 spiro atoms. The molecule has 0 unspecified atom stereocenters. The van der Waals surface area contributed by atoms with Crippen molar-refractivity contribution in [1.82, 2.24) is 10.2 Å². The fourth-order valence-corrected chi connectivity index (χ4v) is 3.94. The van der Waals surface area contributed by atoms with E-state index < -0.39 is 5.97 Å². The molecule has 3 aromatic carbocycles. The number of carbonyl (C=O) groups is 1. The quantitative estimate of drug-likeness (QED) is 0.131. The lowest BCUT2D eigenvalue weighted by Crippen LogP contribution is -2.19. The third kappa shape index (κ3) is 6.27. The number of oxime groups is 1. The van der Waals surface area contributed by atoms with Gasteiger partial charge in [0.05, 0.1) is 7.11 Å². The molecular weight excluding hydrogens is 466 g/mol. The van der Waals surface area contributed by atoms with Crippen LogP contribution in [0.1, 0.15) is 16.7 Å². The minimum absolute atomic E-state index is 0.0712. The third-order valence-corrected chi connectivity index (χ3v) is 5.83. The number of methoxy groups -OCH3 is 1. The summed E-state index contributed by atoms with van der Waals surface area (Å²) in [6, 6.07) is 24.7. The fourth-order valence-electron chi connectivity index (χ4n) is 3.22. The SMILES string of the molecule is CO/N=C(\C(=O)OC)c1ccccc1COc1ccc(-c2nnc(SCc3ccccc3)o2)cc1. The highest BCUT2D eigenvalue weighted by molar-refractivity contribution is 7.98. The van der Waals surface area contributed by atoms with Crippen LogP contribution in [0.5, 0.6) is 5.75 Å². The first-order valence-electron chi connectivity index (χ1n) is 10.7. The van der Waals surface area contributed by atoms with Crippen LogP contribution in [0.3, 0.4) is 0 Å². The van der Waals surface area contributed by atoms with Crippen LogP contribution in [0.15, 0.2) is 93.7 Å². The Morgan fingerprint density at radius 1 is 0.943 bits per heavy atom. The molecule has 0 aliphatic rings. The molecule has 0 aliphatic heterocycles. The van der Waals surface area contributed by atoms with E-state index in [0.29, 0.717) is 22.4 Å². The molecule has 0 fully saturated rings. The molecule has 0 amide bonds.